The van der Waals surface area contributed by atoms with Crippen molar-refractivity contribution in [2.24, 2.45) is 0 Å². The lowest BCUT2D eigenvalue weighted by Crippen LogP contribution is -2.35. The fourth-order valence-electron chi connectivity index (χ4n) is 4.35. The van der Waals surface area contributed by atoms with E-state index in [1.54, 1.807) is 30.3 Å². The number of anilines is 1. The van der Waals surface area contributed by atoms with Crippen LogP contribution in [0, 0.1) is 0 Å². The van der Waals surface area contributed by atoms with Crippen LogP contribution in [-0.4, -0.2) is 43.9 Å². The average molecular weight is 539 g/mol. The van der Waals surface area contributed by atoms with Crippen LogP contribution in [0.4, 0.5) is 5.69 Å². The number of carbonyl (C=O) groups is 2. The highest BCUT2D eigenvalue weighted by atomic mass is 32.2. The molecule has 4 rings (SSSR count). The summed E-state index contributed by atoms with van der Waals surface area (Å²) in [6, 6.07) is 20.4. The summed E-state index contributed by atoms with van der Waals surface area (Å²) in [4.78, 5) is 29.0. The topological polar surface area (TPSA) is 84.0 Å². The second kappa shape index (κ2) is 11.5. The van der Waals surface area contributed by atoms with E-state index < -0.39 is 28.1 Å². The largest absolute Gasteiger partial charge is 0.433 e. The zero-order valence-electron chi connectivity index (χ0n) is 21.1. The van der Waals surface area contributed by atoms with Crippen LogP contribution in [0.15, 0.2) is 82.6 Å². The highest BCUT2D eigenvalue weighted by molar-refractivity contribution is 7.98. The molecule has 1 heterocycles. The first-order valence-electron chi connectivity index (χ1n) is 12.2. The maximum absolute atomic E-state index is 13.9. The molecule has 1 aliphatic rings. The molecule has 0 saturated heterocycles. The molecule has 0 aliphatic carbocycles. The summed E-state index contributed by atoms with van der Waals surface area (Å²) in [5, 5.41) is 0. The van der Waals surface area contributed by atoms with Gasteiger partial charge in [-0.25, -0.2) is 13.2 Å². The lowest BCUT2D eigenvalue weighted by molar-refractivity contribution is 0.0372. The molecule has 1 atom stereocenters. The molecule has 0 unspecified atom stereocenters. The third kappa shape index (κ3) is 5.44. The van der Waals surface area contributed by atoms with Crippen LogP contribution in [0.3, 0.4) is 0 Å². The Morgan fingerprint density at radius 2 is 1.62 bits per heavy atom. The number of benzene rings is 3. The molecule has 0 saturated carbocycles. The van der Waals surface area contributed by atoms with Crippen molar-refractivity contribution >= 4 is 39.3 Å². The van der Waals surface area contributed by atoms with Crippen LogP contribution in [0.25, 0.3) is 0 Å². The van der Waals surface area contributed by atoms with Gasteiger partial charge in [0.1, 0.15) is 0 Å². The van der Waals surface area contributed by atoms with Gasteiger partial charge in [0.15, 0.2) is 0 Å². The fourth-order valence-corrected chi connectivity index (χ4v) is 6.42. The van der Waals surface area contributed by atoms with Gasteiger partial charge in [-0.2, -0.15) is 4.31 Å². The number of fused-ring (bicyclic) bond motifs is 1. The van der Waals surface area contributed by atoms with Crippen molar-refractivity contribution in [2.75, 3.05) is 24.2 Å². The van der Waals surface area contributed by atoms with Crippen molar-refractivity contribution in [1.82, 2.24) is 4.31 Å². The van der Waals surface area contributed by atoms with Crippen molar-refractivity contribution in [1.29, 1.82) is 0 Å². The second-order valence-electron chi connectivity index (χ2n) is 8.65. The third-order valence-corrected chi connectivity index (χ3v) is 8.77. The number of rotatable bonds is 10. The van der Waals surface area contributed by atoms with Gasteiger partial charge < -0.3 is 4.74 Å². The molecule has 0 aromatic heterocycles. The summed E-state index contributed by atoms with van der Waals surface area (Å²) in [6.07, 6.45) is 2.42. The predicted molar refractivity (Wildman–Crippen MR) is 145 cm³/mol. The summed E-state index contributed by atoms with van der Waals surface area (Å²) in [7, 11) is -3.68. The number of hydrogen-bond acceptors (Lipinski definition) is 6. The summed E-state index contributed by atoms with van der Waals surface area (Å²) < 4.78 is 33.5. The van der Waals surface area contributed by atoms with Gasteiger partial charge in [-0.15, -0.1) is 11.8 Å². The highest BCUT2D eigenvalue weighted by Crippen LogP contribution is 2.38. The Labute approximate surface area is 222 Å². The molecule has 194 valence electrons. The average Bonchev–Trinajstić information content (AvgIpc) is 3.24. The molecule has 0 spiro atoms. The molecule has 1 aliphatic heterocycles. The Morgan fingerprint density at radius 3 is 2.27 bits per heavy atom. The fraction of sp³-hybridized carbons (Fsp3) is 0.286. The lowest BCUT2D eigenvalue weighted by atomic mass is 10.1. The van der Waals surface area contributed by atoms with E-state index in [0.717, 1.165) is 4.90 Å². The molecular formula is C28H30N2O5S2. The summed E-state index contributed by atoms with van der Waals surface area (Å²) in [6.45, 7) is 4.74. The van der Waals surface area contributed by atoms with Gasteiger partial charge in [0.2, 0.25) is 16.3 Å². The first kappa shape index (κ1) is 26.9. The molecular weight excluding hydrogens is 508 g/mol. The summed E-state index contributed by atoms with van der Waals surface area (Å²) in [5.41, 5.74) is 1.87. The molecule has 0 fully saturated rings. The van der Waals surface area contributed by atoms with E-state index in [1.165, 1.54) is 45.2 Å². The molecule has 0 bridgehead atoms. The molecule has 0 N–H and O–H groups in total. The van der Waals surface area contributed by atoms with Gasteiger partial charge in [-0.1, -0.05) is 38.1 Å². The number of carbonyl (C=O) groups excluding carboxylic acids is 2. The molecule has 9 heteroatoms. The minimum Gasteiger partial charge on any atom is -0.433 e. The van der Waals surface area contributed by atoms with Crippen LogP contribution in [-0.2, 0) is 14.8 Å². The Hall–Kier alpha value is -3.14. The summed E-state index contributed by atoms with van der Waals surface area (Å²) >= 11 is 1.53. The molecule has 3 aromatic carbocycles. The number of hydrogen-bond donors (Lipinski definition) is 0. The van der Waals surface area contributed by atoms with Crippen molar-refractivity contribution in [3.63, 3.8) is 0 Å². The maximum atomic E-state index is 13.9. The number of ether oxygens (including phenoxy) is 1. The van der Waals surface area contributed by atoms with Crippen LogP contribution in [0.5, 0.6) is 0 Å². The number of thioether (sulfide) groups is 1. The first-order valence-corrected chi connectivity index (χ1v) is 14.9. The molecule has 37 heavy (non-hydrogen) atoms. The van der Waals surface area contributed by atoms with Crippen LogP contribution < -0.4 is 4.90 Å². The van der Waals surface area contributed by atoms with Crippen LogP contribution in [0.1, 0.15) is 59.2 Å². The normalized spacial score (nSPS) is 14.9. The van der Waals surface area contributed by atoms with E-state index in [1.807, 2.05) is 38.3 Å². The van der Waals surface area contributed by atoms with Crippen molar-refractivity contribution < 1.29 is 22.7 Å². The van der Waals surface area contributed by atoms with Gasteiger partial charge >= 0.3 is 5.97 Å². The number of nitrogens with zero attached hydrogens (tertiary/aromatic N) is 2. The zero-order valence-corrected chi connectivity index (χ0v) is 22.7. The van der Waals surface area contributed by atoms with E-state index in [4.69, 9.17) is 4.74 Å². The van der Waals surface area contributed by atoms with Crippen molar-refractivity contribution in [3.8, 4) is 0 Å². The van der Waals surface area contributed by atoms with Crippen LogP contribution in [0.2, 0.25) is 0 Å². The Kier molecular flexibility index (Phi) is 8.36. The highest BCUT2D eigenvalue weighted by Gasteiger charge is 2.38. The van der Waals surface area contributed by atoms with E-state index in [9.17, 15) is 18.0 Å². The number of cyclic esters (lactones) is 1. The van der Waals surface area contributed by atoms with Crippen molar-refractivity contribution in [3.05, 3.63) is 89.5 Å². The van der Waals surface area contributed by atoms with Crippen LogP contribution >= 0.6 is 11.8 Å². The van der Waals surface area contributed by atoms with Gasteiger partial charge in [0, 0.05) is 34.8 Å². The van der Waals surface area contributed by atoms with E-state index >= 15 is 0 Å². The van der Waals surface area contributed by atoms with Gasteiger partial charge in [-0.05, 0) is 67.6 Å². The minimum absolute atomic E-state index is 0.138. The Morgan fingerprint density at radius 1 is 0.946 bits per heavy atom. The molecule has 7 nitrogen and oxygen atoms in total. The Bertz CT molecular complexity index is 1380. The number of esters is 1. The molecule has 0 radical (unpaired) electrons. The van der Waals surface area contributed by atoms with E-state index in [0.29, 0.717) is 42.7 Å². The first-order chi connectivity index (χ1) is 17.8. The molecule has 1 amide bonds. The zero-order chi connectivity index (χ0) is 26.6. The predicted octanol–water partition coefficient (Wildman–Crippen LogP) is 5.74. The standard InChI is InChI=1S/C28H30N2O5S2/c1-4-17-29(18-5-2)37(33,34)23-15-13-20(14-16-23)26(31)30(21-9-8-10-22(19-21)36-3)27-24-11-6-7-12-25(24)28(32)35-27/h6-16,19,27H,4-5,17-18H2,1-3H3/t27-/m1/s1. The second-order valence-corrected chi connectivity index (χ2v) is 11.5. The SMILES string of the molecule is CCCN(CCC)S(=O)(=O)c1ccc(C(=O)N(c2cccc(SC)c2)[C@@H]2OC(=O)c3ccccc32)cc1. The van der Waals surface area contributed by atoms with E-state index in [-0.39, 0.29) is 10.5 Å². The van der Waals surface area contributed by atoms with Gasteiger partial charge in [0.25, 0.3) is 5.91 Å². The lowest BCUT2D eigenvalue weighted by Gasteiger charge is -2.29. The quantitative estimate of drug-likeness (QED) is 0.242. The third-order valence-electron chi connectivity index (χ3n) is 6.14. The van der Waals surface area contributed by atoms with Gasteiger partial charge in [-0.3, -0.25) is 9.69 Å². The van der Waals surface area contributed by atoms with Crippen molar-refractivity contribution in [2.45, 2.75) is 42.7 Å². The van der Waals surface area contributed by atoms with E-state index in [2.05, 4.69) is 0 Å². The number of amides is 1. The Balaban J connectivity index is 1.73. The minimum atomic E-state index is -3.68. The molecule has 3 aromatic rings. The smallest absolute Gasteiger partial charge is 0.340 e. The summed E-state index contributed by atoms with van der Waals surface area (Å²) in [5.74, 6) is -0.900. The van der Waals surface area contributed by atoms with Gasteiger partial charge in [0.05, 0.1) is 10.5 Å². The number of sulfonamides is 1. The maximum Gasteiger partial charge on any atom is 0.340 e. The monoisotopic (exact) mass is 538 g/mol.